The number of hydrogen-bond acceptors (Lipinski definition) is 6. The molecule has 0 saturated carbocycles. The number of ether oxygens (including phenoxy) is 1. The van der Waals surface area contributed by atoms with E-state index in [1.165, 1.54) is 5.56 Å². The average molecular weight is 452 g/mol. The molecular weight excluding hydrogens is 429 g/mol. The predicted molar refractivity (Wildman–Crippen MR) is 107 cm³/mol. The fourth-order valence-electron chi connectivity index (χ4n) is 3.95. The van der Waals surface area contributed by atoms with Crippen LogP contribution >= 0.6 is 0 Å². The Hall–Kier alpha value is -3.21. The Morgan fingerprint density at radius 3 is 2.16 bits per heavy atom. The number of aliphatic carboxylic acids is 1. The van der Waals surface area contributed by atoms with E-state index >= 15 is 0 Å². The highest BCUT2D eigenvalue weighted by atomic mass is 19.4. The van der Waals surface area contributed by atoms with Crippen LogP contribution in [0.4, 0.5) is 13.2 Å². The second-order valence-electron chi connectivity index (χ2n) is 7.67. The summed E-state index contributed by atoms with van der Waals surface area (Å²) in [5.41, 5.74) is 1.74. The van der Waals surface area contributed by atoms with Crippen LogP contribution in [0.15, 0.2) is 42.9 Å². The van der Waals surface area contributed by atoms with Crippen LogP contribution in [-0.2, 0) is 11.3 Å². The molecule has 2 saturated heterocycles. The Morgan fingerprint density at radius 2 is 1.69 bits per heavy atom. The lowest BCUT2D eigenvalue weighted by Gasteiger charge is -2.21. The summed E-state index contributed by atoms with van der Waals surface area (Å²) in [5, 5.41) is 7.12. The van der Waals surface area contributed by atoms with Crippen molar-refractivity contribution in [1.82, 2.24) is 19.8 Å². The number of methoxy groups -OCH3 is 1. The van der Waals surface area contributed by atoms with Gasteiger partial charge in [0.05, 0.1) is 13.3 Å². The number of alkyl halides is 3. The van der Waals surface area contributed by atoms with Crippen molar-refractivity contribution in [3.63, 3.8) is 0 Å². The monoisotopic (exact) mass is 452 g/mol. The maximum atomic E-state index is 12.5. The van der Waals surface area contributed by atoms with Crippen molar-refractivity contribution in [2.45, 2.75) is 12.7 Å². The zero-order valence-electron chi connectivity index (χ0n) is 17.3. The maximum Gasteiger partial charge on any atom is 0.490 e. The number of carbonyl (C=O) groups excluding carboxylic acids is 1. The Kier molecular flexibility index (Phi) is 7.29. The summed E-state index contributed by atoms with van der Waals surface area (Å²) in [4.78, 5) is 33.9. The minimum absolute atomic E-state index is 0.00389. The van der Waals surface area contributed by atoms with Gasteiger partial charge in [-0.1, -0.05) is 12.1 Å². The molecule has 0 radical (unpaired) electrons. The van der Waals surface area contributed by atoms with E-state index in [-0.39, 0.29) is 5.91 Å². The third-order valence-electron chi connectivity index (χ3n) is 5.44. The van der Waals surface area contributed by atoms with Gasteiger partial charge in [0.15, 0.2) is 0 Å². The van der Waals surface area contributed by atoms with E-state index in [4.69, 9.17) is 14.6 Å². The first kappa shape index (κ1) is 23.5. The SMILES string of the molecule is COc1ccc(CN2C[C@@H]3CN(C(=O)c4cnccn4)C[C@@H]3C2)cc1.O=C(O)C(F)(F)F. The van der Waals surface area contributed by atoms with Gasteiger partial charge < -0.3 is 14.7 Å². The average Bonchev–Trinajstić information content (AvgIpc) is 3.33. The summed E-state index contributed by atoms with van der Waals surface area (Å²) in [6, 6.07) is 8.26. The molecule has 11 heteroatoms. The number of carboxylic acids is 1. The summed E-state index contributed by atoms with van der Waals surface area (Å²) in [6.07, 6.45) is -0.375. The second kappa shape index (κ2) is 9.94. The Bertz CT molecular complexity index is 911. The van der Waals surface area contributed by atoms with Gasteiger partial charge in [0.1, 0.15) is 11.4 Å². The number of fused-ring (bicyclic) bond motifs is 1. The topological polar surface area (TPSA) is 95.9 Å². The molecule has 1 aromatic heterocycles. The van der Waals surface area contributed by atoms with Crippen molar-refractivity contribution < 1.29 is 32.6 Å². The molecule has 32 heavy (non-hydrogen) atoms. The molecule has 2 aromatic rings. The molecule has 4 rings (SSSR count). The number of amides is 1. The number of carbonyl (C=O) groups is 2. The highest BCUT2D eigenvalue weighted by molar-refractivity contribution is 5.92. The quantitative estimate of drug-likeness (QED) is 0.761. The molecule has 3 heterocycles. The van der Waals surface area contributed by atoms with Gasteiger partial charge in [0, 0.05) is 45.1 Å². The number of nitrogens with zero attached hydrogens (tertiary/aromatic N) is 4. The van der Waals surface area contributed by atoms with Crippen LogP contribution in [-0.4, -0.2) is 76.2 Å². The predicted octanol–water partition coefficient (Wildman–Crippen LogP) is 2.32. The van der Waals surface area contributed by atoms with Gasteiger partial charge in [-0.25, -0.2) is 9.78 Å². The highest BCUT2D eigenvalue weighted by Gasteiger charge is 2.41. The molecule has 0 unspecified atom stereocenters. The first-order chi connectivity index (χ1) is 15.2. The van der Waals surface area contributed by atoms with Gasteiger partial charge in [-0.15, -0.1) is 0 Å². The number of benzene rings is 1. The van der Waals surface area contributed by atoms with Gasteiger partial charge >= 0.3 is 12.1 Å². The third kappa shape index (κ3) is 5.94. The molecule has 0 aliphatic carbocycles. The lowest BCUT2D eigenvalue weighted by atomic mass is 10.0. The van der Waals surface area contributed by atoms with Crippen molar-refractivity contribution in [3.8, 4) is 5.75 Å². The fraction of sp³-hybridized carbons (Fsp3) is 0.429. The first-order valence-corrected chi connectivity index (χ1v) is 9.88. The molecule has 172 valence electrons. The molecular formula is C21H23F3N4O4. The normalized spacial score (nSPS) is 20.3. The van der Waals surface area contributed by atoms with Crippen LogP contribution in [0.25, 0.3) is 0 Å². The number of rotatable bonds is 4. The number of carboxylic acid groups (broad SMARTS) is 1. The van der Waals surface area contributed by atoms with Crippen molar-refractivity contribution >= 4 is 11.9 Å². The van der Waals surface area contributed by atoms with Crippen LogP contribution < -0.4 is 4.74 Å². The van der Waals surface area contributed by atoms with E-state index in [0.717, 1.165) is 38.5 Å². The van der Waals surface area contributed by atoms with Crippen LogP contribution in [0.3, 0.4) is 0 Å². The van der Waals surface area contributed by atoms with E-state index in [9.17, 15) is 18.0 Å². The summed E-state index contributed by atoms with van der Waals surface area (Å²) in [7, 11) is 1.69. The fourth-order valence-corrected chi connectivity index (χ4v) is 3.95. The molecule has 2 atom stereocenters. The number of halogens is 3. The van der Waals surface area contributed by atoms with Gasteiger partial charge in [0.25, 0.3) is 5.91 Å². The Balaban J connectivity index is 0.000000360. The van der Waals surface area contributed by atoms with Crippen molar-refractivity contribution in [2.75, 3.05) is 33.3 Å². The zero-order valence-corrected chi connectivity index (χ0v) is 17.3. The van der Waals surface area contributed by atoms with E-state index < -0.39 is 12.1 Å². The molecule has 2 aliphatic heterocycles. The highest BCUT2D eigenvalue weighted by Crippen LogP contribution is 2.32. The second-order valence-corrected chi connectivity index (χ2v) is 7.67. The van der Waals surface area contributed by atoms with Gasteiger partial charge in [0.2, 0.25) is 0 Å². The molecule has 1 aromatic carbocycles. The van der Waals surface area contributed by atoms with E-state index in [2.05, 4.69) is 27.0 Å². The third-order valence-corrected chi connectivity index (χ3v) is 5.44. The van der Waals surface area contributed by atoms with E-state index in [0.29, 0.717) is 17.5 Å². The number of hydrogen-bond donors (Lipinski definition) is 1. The molecule has 1 amide bonds. The van der Waals surface area contributed by atoms with Crippen LogP contribution in [0.2, 0.25) is 0 Å². The summed E-state index contributed by atoms with van der Waals surface area (Å²) >= 11 is 0. The Morgan fingerprint density at radius 1 is 1.09 bits per heavy atom. The van der Waals surface area contributed by atoms with Crippen LogP contribution in [0.1, 0.15) is 16.1 Å². The zero-order chi connectivity index (χ0) is 23.3. The lowest BCUT2D eigenvalue weighted by Crippen LogP contribution is -2.33. The summed E-state index contributed by atoms with van der Waals surface area (Å²) in [6.45, 7) is 4.68. The van der Waals surface area contributed by atoms with Gasteiger partial charge in [-0.2, -0.15) is 13.2 Å². The maximum absolute atomic E-state index is 12.5. The van der Waals surface area contributed by atoms with Crippen LogP contribution in [0.5, 0.6) is 5.75 Å². The van der Waals surface area contributed by atoms with E-state index in [1.807, 2.05) is 17.0 Å². The minimum Gasteiger partial charge on any atom is -0.497 e. The molecule has 2 aliphatic rings. The summed E-state index contributed by atoms with van der Waals surface area (Å²) in [5.74, 6) is -0.755. The van der Waals surface area contributed by atoms with E-state index in [1.54, 1.807) is 25.7 Å². The molecule has 1 N–H and O–H groups in total. The Labute approximate surface area is 182 Å². The van der Waals surface area contributed by atoms with Crippen molar-refractivity contribution in [2.24, 2.45) is 11.8 Å². The number of likely N-dealkylation sites (tertiary alicyclic amines) is 2. The van der Waals surface area contributed by atoms with Crippen LogP contribution in [0, 0.1) is 11.8 Å². The minimum atomic E-state index is -5.08. The molecule has 8 nitrogen and oxygen atoms in total. The van der Waals surface area contributed by atoms with Gasteiger partial charge in [-0.05, 0) is 29.5 Å². The first-order valence-electron chi connectivity index (χ1n) is 9.88. The molecule has 0 bridgehead atoms. The standard InChI is InChI=1S/C19H22N4O2.C2HF3O2/c1-25-17-4-2-14(3-5-17)9-22-10-15-12-23(13-16(15)11-22)19(24)18-8-20-6-7-21-18;3-2(4,5)1(6)7/h2-8,15-16H,9-13H2,1H3;(H,6,7)/t15-,16+;. The molecule has 2 fully saturated rings. The summed E-state index contributed by atoms with van der Waals surface area (Å²) < 4.78 is 36.9. The van der Waals surface area contributed by atoms with Crippen molar-refractivity contribution in [3.05, 3.63) is 54.1 Å². The smallest absolute Gasteiger partial charge is 0.490 e. The largest absolute Gasteiger partial charge is 0.497 e. The number of aromatic nitrogens is 2. The van der Waals surface area contributed by atoms with Gasteiger partial charge in [-0.3, -0.25) is 14.7 Å². The lowest BCUT2D eigenvalue weighted by molar-refractivity contribution is -0.192. The van der Waals surface area contributed by atoms with Crippen molar-refractivity contribution in [1.29, 1.82) is 0 Å². The molecule has 0 spiro atoms.